The van der Waals surface area contributed by atoms with Crippen LogP contribution in [0.2, 0.25) is 0 Å². The lowest BCUT2D eigenvalue weighted by atomic mass is 10.2. The van der Waals surface area contributed by atoms with Gasteiger partial charge in [0.15, 0.2) is 0 Å². The van der Waals surface area contributed by atoms with Crippen LogP contribution in [-0.4, -0.2) is 52.2 Å². The molecule has 0 aromatic carbocycles. The summed E-state index contributed by atoms with van der Waals surface area (Å²) < 4.78 is 1.80. The zero-order chi connectivity index (χ0) is 12.7. The third kappa shape index (κ3) is 5.75. The van der Waals surface area contributed by atoms with Crippen molar-refractivity contribution in [1.82, 2.24) is 14.7 Å². The largest absolute Gasteiger partial charge is 0.343 e. The third-order valence-corrected chi connectivity index (χ3v) is 3.19. The maximum absolute atomic E-state index is 11.9. The lowest BCUT2D eigenvalue weighted by molar-refractivity contribution is -0.131. The Morgan fingerprint density at radius 1 is 1.61 bits per heavy atom. The Morgan fingerprint density at radius 3 is 2.89 bits per heavy atom. The van der Waals surface area contributed by atoms with E-state index in [9.17, 15) is 4.79 Å². The van der Waals surface area contributed by atoms with Crippen molar-refractivity contribution in [3.63, 3.8) is 0 Å². The smallest absolute Gasteiger partial charge is 0.239 e. The summed E-state index contributed by atoms with van der Waals surface area (Å²) in [6.07, 6.45) is 6.35. The van der Waals surface area contributed by atoms with Gasteiger partial charge in [0, 0.05) is 26.0 Å². The number of thioether (sulfide) groups is 1. The normalized spacial score (nSPS) is 11.7. The molecule has 1 atom stereocenters. The average Bonchev–Trinajstić information content (AvgIpc) is 2.85. The number of hydrogen-bond donors (Lipinski definition) is 1. The number of nitrogens with two attached hydrogens (primary N) is 1. The molecule has 0 fully saturated rings. The van der Waals surface area contributed by atoms with Gasteiger partial charge in [-0.15, -0.1) is 12.4 Å². The molecule has 1 aromatic heterocycles. The Hall–Kier alpha value is -0.720. The van der Waals surface area contributed by atoms with E-state index < -0.39 is 0 Å². The molecule has 104 valence electrons. The Bertz CT molecular complexity index is 334. The molecular formula is C11H21ClN4OS. The number of carbonyl (C=O) groups excluding carboxylic acids is 1. The highest BCUT2D eigenvalue weighted by Crippen LogP contribution is 2.01. The first-order chi connectivity index (χ1) is 8.15. The molecule has 0 saturated carbocycles. The van der Waals surface area contributed by atoms with Gasteiger partial charge >= 0.3 is 0 Å². The van der Waals surface area contributed by atoms with Gasteiger partial charge in [-0.25, -0.2) is 0 Å². The van der Waals surface area contributed by atoms with Crippen molar-refractivity contribution in [3.8, 4) is 0 Å². The third-order valence-electron chi connectivity index (χ3n) is 2.55. The lowest BCUT2D eigenvalue weighted by Crippen LogP contribution is -2.43. The summed E-state index contributed by atoms with van der Waals surface area (Å²) in [5.74, 6) is 0.922. The predicted octanol–water partition coefficient (Wildman–Crippen LogP) is 0.844. The second kappa shape index (κ2) is 9.24. The summed E-state index contributed by atoms with van der Waals surface area (Å²) in [5.41, 5.74) is 5.83. The van der Waals surface area contributed by atoms with Gasteiger partial charge in [0.2, 0.25) is 5.91 Å². The number of rotatable bonds is 7. The van der Waals surface area contributed by atoms with Crippen molar-refractivity contribution in [2.45, 2.75) is 19.0 Å². The summed E-state index contributed by atoms with van der Waals surface area (Å²) in [6.45, 7) is 1.33. The first-order valence-electron chi connectivity index (χ1n) is 5.62. The molecule has 1 rings (SSSR count). The van der Waals surface area contributed by atoms with Crippen LogP contribution in [0.25, 0.3) is 0 Å². The standard InChI is InChI=1S/C11H20N4OS.ClH/c1-14(7-8-15-6-3-5-13-15)11(16)10(12)4-9-17-2;/h3,5-6,10H,4,7-9,12H2,1-2H3;1H/t10-;/m0./s1. The second-order valence-corrected chi connectivity index (χ2v) is 4.90. The van der Waals surface area contributed by atoms with Crippen molar-refractivity contribution in [2.75, 3.05) is 25.6 Å². The van der Waals surface area contributed by atoms with Crippen LogP contribution in [-0.2, 0) is 11.3 Å². The van der Waals surface area contributed by atoms with E-state index in [2.05, 4.69) is 5.10 Å². The van der Waals surface area contributed by atoms with E-state index >= 15 is 0 Å². The summed E-state index contributed by atoms with van der Waals surface area (Å²) in [4.78, 5) is 13.5. The number of likely N-dealkylation sites (N-methyl/N-ethyl adjacent to an activating group) is 1. The number of aromatic nitrogens is 2. The van der Waals surface area contributed by atoms with Crippen LogP contribution in [0.5, 0.6) is 0 Å². The van der Waals surface area contributed by atoms with E-state index in [1.807, 2.05) is 18.5 Å². The fourth-order valence-electron chi connectivity index (χ4n) is 1.45. The molecule has 18 heavy (non-hydrogen) atoms. The summed E-state index contributed by atoms with van der Waals surface area (Å²) in [7, 11) is 1.78. The molecule has 1 aromatic rings. The maximum Gasteiger partial charge on any atom is 0.239 e. The average molecular weight is 293 g/mol. The van der Waals surface area contributed by atoms with Crippen LogP contribution in [0.3, 0.4) is 0 Å². The Kier molecular flexibility index (Phi) is 8.87. The quantitative estimate of drug-likeness (QED) is 0.809. The maximum atomic E-state index is 11.9. The Balaban J connectivity index is 0.00000289. The van der Waals surface area contributed by atoms with Crippen molar-refractivity contribution >= 4 is 30.1 Å². The molecule has 7 heteroatoms. The molecular weight excluding hydrogens is 272 g/mol. The van der Waals surface area contributed by atoms with E-state index in [0.717, 1.165) is 12.2 Å². The lowest BCUT2D eigenvalue weighted by Gasteiger charge is -2.21. The SMILES string of the molecule is CSCC[C@H](N)C(=O)N(C)CCn1cccn1.Cl. The van der Waals surface area contributed by atoms with Crippen LogP contribution >= 0.6 is 24.2 Å². The minimum absolute atomic E-state index is 0. The monoisotopic (exact) mass is 292 g/mol. The highest BCUT2D eigenvalue weighted by Gasteiger charge is 2.17. The Labute approximate surface area is 118 Å². The number of hydrogen-bond acceptors (Lipinski definition) is 4. The van der Waals surface area contributed by atoms with E-state index in [0.29, 0.717) is 13.1 Å². The summed E-state index contributed by atoms with van der Waals surface area (Å²) in [5, 5.41) is 4.09. The highest BCUT2D eigenvalue weighted by molar-refractivity contribution is 7.98. The molecule has 1 amide bonds. The topological polar surface area (TPSA) is 64.2 Å². The molecule has 0 aliphatic rings. The first kappa shape index (κ1) is 17.3. The van der Waals surface area contributed by atoms with Gasteiger partial charge in [0.25, 0.3) is 0 Å². The first-order valence-corrected chi connectivity index (χ1v) is 7.01. The molecule has 0 aliphatic carbocycles. The molecule has 0 spiro atoms. The van der Waals surface area contributed by atoms with E-state index in [1.165, 1.54) is 0 Å². The van der Waals surface area contributed by atoms with Crippen LogP contribution < -0.4 is 5.73 Å². The van der Waals surface area contributed by atoms with Crippen molar-refractivity contribution in [3.05, 3.63) is 18.5 Å². The van der Waals surface area contributed by atoms with Gasteiger partial charge in [-0.3, -0.25) is 9.48 Å². The molecule has 0 radical (unpaired) electrons. The predicted molar refractivity (Wildman–Crippen MR) is 78.1 cm³/mol. The van der Waals surface area contributed by atoms with Gasteiger partial charge in [0.05, 0.1) is 12.6 Å². The molecule has 1 heterocycles. The Morgan fingerprint density at radius 2 is 2.33 bits per heavy atom. The van der Waals surface area contributed by atoms with Crippen molar-refractivity contribution in [1.29, 1.82) is 0 Å². The zero-order valence-corrected chi connectivity index (χ0v) is 12.4. The molecule has 0 unspecified atom stereocenters. The highest BCUT2D eigenvalue weighted by atomic mass is 35.5. The molecule has 5 nitrogen and oxygen atoms in total. The van der Waals surface area contributed by atoms with Gasteiger partial charge in [0.1, 0.15) is 0 Å². The van der Waals surface area contributed by atoms with Crippen LogP contribution in [0.1, 0.15) is 6.42 Å². The minimum atomic E-state index is -0.384. The zero-order valence-electron chi connectivity index (χ0n) is 10.8. The minimum Gasteiger partial charge on any atom is -0.343 e. The van der Waals surface area contributed by atoms with E-state index in [-0.39, 0.29) is 24.4 Å². The van der Waals surface area contributed by atoms with E-state index in [1.54, 1.807) is 34.6 Å². The summed E-state index contributed by atoms with van der Waals surface area (Å²) >= 11 is 1.71. The molecule has 0 aliphatic heterocycles. The van der Waals surface area contributed by atoms with E-state index in [4.69, 9.17) is 5.73 Å². The summed E-state index contributed by atoms with van der Waals surface area (Å²) in [6, 6.07) is 1.48. The van der Waals surface area contributed by atoms with Gasteiger partial charge in [-0.2, -0.15) is 16.9 Å². The van der Waals surface area contributed by atoms with Crippen molar-refractivity contribution in [2.24, 2.45) is 5.73 Å². The van der Waals surface area contributed by atoms with Gasteiger partial charge in [-0.1, -0.05) is 0 Å². The molecule has 2 N–H and O–H groups in total. The second-order valence-electron chi connectivity index (χ2n) is 3.92. The van der Waals surface area contributed by atoms with Crippen LogP contribution in [0.4, 0.5) is 0 Å². The number of amides is 1. The van der Waals surface area contributed by atoms with Crippen LogP contribution in [0, 0.1) is 0 Å². The van der Waals surface area contributed by atoms with Crippen molar-refractivity contribution < 1.29 is 4.79 Å². The number of carbonyl (C=O) groups is 1. The molecule has 0 bridgehead atoms. The van der Waals surface area contributed by atoms with Crippen LogP contribution in [0.15, 0.2) is 18.5 Å². The fourth-order valence-corrected chi connectivity index (χ4v) is 1.94. The number of halogens is 1. The molecule has 0 saturated heterocycles. The fraction of sp³-hybridized carbons (Fsp3) is 0.636. The van der Waals surface area contributed by atoms with Gasteiger partial charge in [-0.05, 0) is 24.5 Å². The van der Waals surface area contributed by atoms with Gasteiger partial charge < -0.3 is 10.6 Å². The number of nitrogens with zero attached hydrogens (tertiary/aromatic N) is 3.